The molecule has 0 bridgehead atoms. The van der Waals surface area contributed by atoms with Gasteiger partial charge in [0.2, 0.25) is 10.0 Å². The van der Waals surface area contributed by atoms with Crippen LogP contribution in [0.2, 0.25) is 10.0 Å². The predicted octanol–water partition coefficient (Wildman–Crippen LogP) is 3.71. The van der Waals surface area contributed by atoms with Gasteiger partial charge in [-0.2, -0.15) is 0 Å². The van der Waals surface area contributed by atoms with Gasteiger partial charge in [0, 0.05) is 12.2 Å². The fourth-order valence-corrected chi connectivity index (χ4v) is 4.87. The molecule has 162 valence electrons. The van der Waals surface area contributed by atoms with Gasteiger partial charge in [-0.25, -0.2) is 13.1 Å². The van der Waals surface area contributed by atoms with Gasteiger partial charge in [-0.1, -0.05) is 54.4 Å². The number of benzene rings is 2. The van der Waals surface area contributed by atoms with E-state index in [1.165, 1.54) is 18.2 Å². The van der Waals surface area contributed by atoms with Crippen molar-refractivity contribution in [1.29, 1.82) is 0 Å². The maximum atomic E-state index is 12.3. The average molecular weight is 473 g/mol. The Kier molecular flexibility index (Phi) is 8.66. The molecule has 0 spiro atoms. The molecule has 0 atom stereocenters. The fourth-order valence-electron chi connectivity index (χ4n) is 2.69. The Bertz CT molecular complexity index is 1020. The SMILES string of the molecule is CCc1cccc(C)c1NC(=O)COC(=O)CCNS(=O)(=O)c1c(Cl)cccc1Cl. The van der Waals surface area contributed by atoms with E-state index in [0.717, 1.165) is 17.5 Å². The number of esters is 1. The fraction of sp³-hybridized carbons (Fsp3) is 0.300. The Morgan fingerprint density at radius 2 is 1.70 bits per heavy atom. The molecular formula is C20H22Cl2N2O5S. The van der Waals surface area contributed by atoms with Crippen LogP contribution < -0.4 is 10.0 Å². The molecule has 2 rings (SSSR count). The van der Waals surface area contributed by atoms with Crippen LogP contribution >= 0.6 is 23.2 Å². The molecule has 0 aliphatic heterocycles. The van der Waals surface area contributed by atoms with Gasteiger partial charge in [0.1, 0.15) is 4.90 Å². The number of halogens is 2. The zero-order chi connectivity index (χ0) is 22.3. The molecule has 0 unspecified atom stereocenters. The van der Waals surface area contributed by atoms with Crippen molar-refractivity contribution in [3.05, 3.63) is 57.6 Å². The van der Waals surface area contributed by atoms with E-state index >= 15 is 0 Å². The molecule has 0 fully saturated rings. The lowest BCUT2D eigenvalue weighted by molar-refractivity contribution is -0.147. The summed E-state index contributed by atoms with van der Waals surface area (Å²) in [6.07, 6.45) is 0.478. The highest BCUT2D eigenvalue weighted by molar-refractivity contribution is 7.89. The van der Waals surface area contributed by atoms with Gasteiger partial charge in [-0.05, 0) is 36.6 Å². The van der Waals surface area contributed by atoms with Crippen molar-refractivity contribution < 1.29 is 22.7 Å². The van der Waals surface area contributed by atoms with Gasteiger partial charge in [-0.3, -0.25) is 9.59 Å². The van der Waals surface area contributed by atoms with Crippen LogP contribution in [-0.2, 0) is 30.8 Å². The number of hydrogen-bond acceptors (Lipinski definition) is 5. The highest BCUT2D eigenvalue weighted by Gasteiger charge is 2.21. The minimum Gasteiger partial charge on any atom is -0.456 e. The third-order valence-corrected chi connectivity index (χ3v) is 6.59. The van der Waals surface area contributed by atoms with Crippen LogP contribution in [0.5, 0.6) is 0 Å². The highest BCUT2D eigenvalue weighted by Crippen LogP contribution is 2.28. The predicted molar refractivity (Wildman–Crippen MR) is 116 cm³/mol. The lowest BCUT2D eigenvalue weighted by atomic mass is 10.1. The van der Waals surface area contributed by atoms with Crippen LogP contribution in [0.4, 0.5) is 5.69 Å². The van der Waals surface area contributed by atoms with E-state index in [-0.39, 0.29) is 27.9 Å². The Balaban J connectivity index is 1.84. The second kappa shape index (κ2) is 10.8. The quantitative estimate of drug-likeness (QED) is 0.541. The first-order chi connectivity index (χ1) is 14.2. The zero-order valence-corrected chi connectivity index (χ0v) is 18.8. The first-order valence-corrected chi connectivity index (χ1v) is 11.4. The largest absolute Gasteiger partial charge is 0.456 e. The summed E-state index contributed by atoms with van der Waals surface area (Å²) in [4.78, 5) is 23.7. The van der Waals surface area contributed by atoms with Crippen LogP contribution in [0.3, 0.4) is 0 Å². The van der Waals surface area contributed by atoms with E-state index in [1.54, 1.807) is 0 Å². The number of aryl methyl sites for hydroxylation is 2. The lowest BCUT2D eigenvalue weighted by Gasteiger charge is -2.13. The van der Waals surface area contributed by atoms with E-state index < -0.39 is 28.5 Å². The number of rotatable bonds is 9. The molecule has 0 saturated heterocycles. The third kappa shape index (κ3) is 6.43. The van der Waals surface area contributed by atoms with Crippen molar-refractivity contribution in [3.8, 4) is 0 Å². The van der Waals surface area contributed by atoms with Gasteiger partial charge in [0.05, 0.1) is 16.5 Å². The molecule has 0 aliphatic carbocycles. The van der Waals surface area contributed by atoms with Gasteiger partial charge >= 0.3 is 5.97 Å². The highest BCUT2D eigenvalue weighted by atomic mass is 35.5. The molecule has 1 amide bonds. The maximum Gasteiger partial charge on any atom is 0.307 e. The monoisotopic (exact) mass is 472 g/mol. The number of anilines is 1. The number of nitrogens with one attached hydrogen (secondary N) is 2. The zero-order valence-electron chi connectivity index (χ0n) is 16.5. The van der Waals surface area contributed by atoms with Crippen molar-refractivity contribution in [2.75, 3.05) is 18.5 Å². The second-order valence-electron chi connectivity index (χ2n) is 6.37. The second-order valence-corrected chi connectivity index (χ2v) is 8.89. The molecule has 7 nitrogen and oxygen atoms in total. The summed E-state index contributed by atoms with van der Waals surface area (Å²) < 4.78 is 31.8. The number of para-hydroxylation sites is 1. The van der Waals surface area contributed by atoms with E-state index in [9.17, 15) is 18.0 Å². The van der Waals surface area contributed by atoms with E-state index in [1.807, 2.05) is 32.0 Å². The average Bonchev–Trinajstić information content (AvgIpc) is 2.67. The van der Waals surface area contributed by atoms with E-state index in [4.69, 9.17) is 27.9 Å². The molecule has 2 aromatic carbocycles. The van der Waals surface area contributed by atoms with E-state index in [0.29, 0.717) is 5.69 Å². The van der Waals surface area contributed by atoms with Crippen molar-refractivity contribution in [2.24, 2.45) is 0 Å². The number of hydrogen-bond donors (Lipinski definition) is 2. The molecule has 30 heavy (non-hydrogen) atoms. The normalized spacial score (nSPS) is 11.2. The molecular weight excluding hydrogens is 451 g/mol. The summed E-state index contributed by atoms with van der Waals surface area (Å²) in [5.41, 5.74) is 2.58. The summed E-state index contributed by atoms with van der Waals surface area (Å²) in [6.45, 7) is 3.14. The van der Waals surface area contributed by atoms with Crippen molar-refractivity contribution in [1.82, 2.24) is 4.72 Å². The van der Waals surface area contributed by atoms with Gasteiger partial charge < -0.3 is 10.1 Å². The number of carbonyl (C=O) groups is 2. The molecule has 0 heterocycles. The summed E-state index contributed by atoms with van der Waals surface area (Å²) in [5.74, 6) is -1.20. The topological polar surface area (TPSA) is 102 Å². The molecule has 0 radical (unpaired) electrons. The lowest BCUT2D eigenvalue weighted by Crippen LogP contribution is -2.28. The van der Waals surface area contributed by atoms with Crippen LogP contribution in [-0.4, -0.2) is 33.4 Å². The van der Waals surface area contributed by atoms with E-state index in [2.05, 4.69) is 10.0 Å². The molecule has 0 saturated carbocycles. The van der Waals surface area contributed by atoms with Crippen LogP contribution in [0.1, 0.15) is 24.5 Å². The minimum atomic E-state index is -4.00. The summed E-state index contributed by atoms with van der Waals surface area (Å²) in [6, 6.07) is 10.00. The maximum absolute atomic E-state index is 12.3. The standard InChI is InChI=1S/C20H22Cl2N2O5S/c1-3-14-7-4-6-13(2)19(14)24-17(25)12-29-18(26)10-11-23-30(27,28)20-15(21)8-5-9-16(20)22/h4-9,23H,3,10-12H2,1-2H3,(H,24,25). The number of amides is 1. The minimum absolute atomic E-state index is 0.0306. The van der Waals surface area contributed by atoms with Crippen LogP contribution in [0, 0.1) is 6.92 Å². The van der Waals surface area contributed by atoms with Crippen LogP contribution in [0.15, 0.2) is 41.3 Å². The van der Waals surface area contributed by atoms with Gasteiger partial charge in [0.15, 0.2) is 6.61 Å². The summed E-state index contributed by atoms with van der Waals surface area (Å²) in [7, 11) is -4.00. The summed E-state index contributed by atoms with van der Waals surface area (Å²) in [5, 5.41) is 2.68. The van der Waals surface area contributed by atoms with Crippen molar-refractivity contribution >= 4 is 50.8 Å². The Hall–Kier alpha value is -2.13. The summed E-state index contributed by atoms with van der Waals surface area (Å²) >= 11 is 11.8. The molecule has 2 aromatic rings. The molecule has 2 N–H and O–H groups in total. The molecule has 10 heteroatoms. The van der Waals surface area contributed by atoms with Gasteiger partial charge in [0.25, 0.3) is 5.91 Å². The number of sulfonamides is 1. The first kappa shape index (κ1) is 24.1. The van der Waals surface area contributed by atoms with Crippen LogP contribution in [0.25, 0.3) is 0 Å². The van der Waals surface area contributed by atoms with Gasteiger partial charge in [-0.15, -0.1) is 0 Å². The van der Waals surface area contributed by atoms with Crippen molar-refractivity contribution in [2.45, 2.75) is 31.6 Å². The Morgan fingerprint density at radius 3 is 2.33 bits per heavy atom. The molecule has 0 aliphatic rings. The Morgan fingerprint density at radius 1 is 1.07 bits per heavy atom. The molecule has 0 aromatic heterocycles. The number of ether oxygens (including phenoxy) is 1. The number of carbonyl (C=O) groups excluding carboxylic acids is 2. The Labute approximate surface area is 185 Å². The third-order valence-electron chi connectivity index (χ3n) is 4.18. The van der Waals surface area contributed by atoms with Crippen molar-refractivity contribution in [3.63, 3.8) is 0 Å². The first-order valence-electron chi connectivity index (χ1n) is 9.13. The smallest absolute Gasteiger partial charge is 0.307 e.